The molecule has 0 atom stereocenters. The Bertz CT molecular complexity index is 1080. The van der Waals surface area contributed by atoms with Gasteiger partial charge >= 0.3 is 5.69 Å². The SMILES string of the molecule is CC(=O)c1ccc2c(c1)[nH]c(=O)n2CCCCN1CCN(c2ccc(F)cc2)CC1. The van der Waals surface area contributed by atoms with E-state index in [1.54, 1.807) is 16.7 Å². The molecule has 0 saturated carbocycles. The molecule has 0 spiro atoms. The summed E-state index contributed by atoms with van der Waals surface area (Å²) in [4.78, 5) is 31.4. The molecular formula is C23H27FN4O2. The zero-order valence-corrected chi connectivity index (χ0v) is 17.2. The summed E-state index contributed by atoms with van der Waals surface area (Å²) in [6.07, 6.45) is 1.93. The maximum atomic E-state index is 13.1. The predicted octanol–water partition coefficient (Wildman–Crippen LogP) is 3.27. The molecule has 0 aliphatic carbocycles. The topological polar surface area (TPSA) is 61.3 Å². The molecule has 4 rings (SSSR count). The number of rotatable bonds is 7. The van der Waals surface area contributed by atoms with Crippen molar-refractivity contribution in [3.8, 4) is 0 Å². The Hall–Kier alpha value is -2.93. The van der Waals surface area contributed by atoms with E-state index in [-0.39, 0.29) is 17.3 Å². The van der Waals surface area contributed by atoms with Gasteiger partial charge in [0.15, 0.2) is 5.78 Å². The second kappa shape index (κ2) is 8.83. The maximum Gasteiger partial charge on any atom is 0.326 e. The zero-order valence-electron chi connectivity index (χ0n) is 17.2. The Kier molecular flexibility index (Phi) is 5.99. The van der Waals surface area contributed by atoms with Crippen molar-refractivity contribution in [3.63, 3.8) is 0 Å². The first-order chi connectivity index (χ1) is 14.5. The number of halogens is 1. The second-order valence-electron chi connectivity index (χ2n) is 7.88. The smallest absolute Gasteiger partial charge is 0.326 e. The number of hydrogen-bond donors (Lipinski definition) is 1. The van der Waals surface area contributed by atoms with E-state index in [1.807, 2.05) is 18.2 Å². The summed E-state index contributed by atoms with van der Waals surface area (Å²) in [6, 6.07) is 12.1. The van der Waals surface area contributed by atoms with Gasteiger partial charge in [-0.1, -0.05) is 0 Å². The number of carbonyl (C=O) groups excluding carboxylic acids is 1. The Morgan fingerprint density at radius 2 is 1.70 bits per heavy atom. The average molecular weight is 410 g/mol. The first kappa shape index (κ1) is 20.3. The number of Topliss-reactive ketones (excluding diaryl/α,β-unsaturated/α-hetero) is 1. The molecular weight excluding hydrogens is 383 g/mol. The van der Waals surface area contributed by atoms with Gasteiger partial charge in [0.05, 0.1) is 11.0 Å². The maximum absolute atomic E-state index is 13.1. The molecule has 7 heteroatoms. The predicted molar refractivity (Wildman–Crippen MR) is 117 cm³/mol. The number of imidazole rings is 1. The van der Waals surface area contributed by atoms with E-state index in [0.29, 0.717) is 17.6 Å². The van der Waals surface area contributed by atoms with Crippen LogP contribution in [0.3, 0.4) is 0 Å². The minimum atomic E-state index is -0.203. The first-order valence-corrected chi connectivity index (χ1v) is 10.5. The number of H-pyrrole nitrogens is 1. The lowest BCUT2D eigenvalue weighted by Gasteiger charge is -2.36. The molecule has 0 amide bonds. The van der Waals surface area contributed by atoms with Crippen molar-refractivity contribution in [1.82, 2.24) is 14.5 Å². The van der Waals surface area contributed by atoms with Crippen LogP contribution in [-0.2, 0) is 6.54 Å². The number of piperazine rings is 1. The lowest BCUT2D eigenvalue weighted by Crippen LogP contribution is -2.46. The van der Waals surface area contributed by atoms with Crippen molar-refractivity contribution in [2.24, 2.45) is 0 Å². The van der Waals surface area contributed by atoms with Crippen LogP contribution in [0.25, 0.3) is 11.0 Å². The summed E-state index contributed by atoms with van der Waals surface area (Å²) in [6.45, 7) is 7.03. The lowest BCUT2D eigenvalue weighted by atomic mass is 10.1. The van der Waals surface area contributed by atoms with E-state index in [9.17, 15) is 14.0 Å². The van der Waals surface area contributed by atoms with Crippen LogP contribution in [0, 0.1) is 5.82 Å². The Labute approximate surface area is 174 Å². The molecule has 1 aliphatic rings. The number of aromatic nitrogens is 2. The molecule has 1 fully saturated rings. The Balaban J connectivity index is 1.26. The van der Waals surface area contributed by atoms with Crippen LogP contribution in [0.1, 0.15) is 30.1 Å². The summed E-state index contributed by atoms with van der Waals surface area (Å²) in [5, 5.41) is 0. The molecule has 30 heavy (non-hydrogen) atoms. The highest BCUT2D eigenvalue weighted by Gasteiger charge is 2.17. The number of unbranched alkanes of at least 4 members (excludes halogenated alkanes) is 1. The third-order valence-electron chi connectivity index (χ3n) is 5.85. The minimum Gasteiger partial charge on any atom is -0.369 e. The van der Waals surface area contributed by atoms with Crippen LogP contribution in [0.5, 0.6) is 0 Å². The van der Waals surface area contributed by atoms with Crippen LogP contribution in [0.2, 0.25) is 0 Å². The van der Waals surface area contributed by atoms with Gasteiger partial charge in [0, 0.05) is 44.0 Å². The number of anilines is 1. The molecule has 3 aromatic rings. The van der Waals surface area contributed by atoms with Crippen molar-refractivity contribution < 1.29 is 9.18 Å². The summed E-state index contributed by atoms with van der Waals surface area (Å²) in [5.74, 6) is -0.212. The molecule has 1 aliphatic heterocycles. The van der Waals surface area contributed by atoms with Gasteiger partial charge in [0.1, 0.15) is 5.82 Å². The number of nitrogens with one attached hydrogen (secondary N) is 1. The van der Waals surface area contributed by atoms with Gasteiger partial charge in [0.2, 0.25) is 0 Å². The first-order valence-electron chi connectivity index (χ1n) is 10.5. The quantitative estimate of drug-likeness (QED) is 0.480. The number of benzene rings is 2. The molecule has 6 nitrogen and oxygen atoms in total. The highest BCUT2D eigenvalue weighted by atomic mass is 19.1. The minimum absolute atomic E-state index is 0.00924. The molecule has 158 valence electrons. The van der Waals surface area contributed by atoms with Crippen LogP contribution in [-0.4, -0.2) is 53.0 Å². The van der Waals surface area contributed by atoms with Gasteiger partial charge in [-0.2, -0.15) is 0 Å². The summed E-state index contributed by atoms with van der Waals surface area (Å²) in [7, 11) is 0. The third kappa shape index (κ3) is 4.46. The third-order valence-corrected chi connectivity index (χ3v) is 5.85. The monoisotopic (exact) mass is 410 g/mol. The molecule has 1 aromatic heterocycles. The van der Waals surface area contributed by atoms with Gasteiger partial charge in [-0.15, -0.1) is 0 Å². The second-order valence-corrected chi connectivity index (χ2v) is 7.88. The van der Waals surface area contributed by atoms with Crippen LogP contribution in [0.4, 0.5) is 10.1 Å². The number of nitrogens with zero attached hydrogens (tertiary/aromatic N) is 3. The van der Waals surface area contributed by atoms with Crippen LogP contribution < -0.4 is 10.6 Å². The molecule has 0 bridgehead atoms. The van der Waals surface area contributed by atoms with E-state index < -0.39 is 0 Å². The molecule has 0 unspecified atom stereocenters. The molecule has 2 aromatic carbocycles. The summed E-state index contributed by atoms with van der Waals surface area (Å²) >= 11 is 0. The lowest BCUT2D eigenvalue weighted by molar-refractivity contribution is 0.101. The highest BCUT2D eigenvalue weighted by Crippen LogP contribution is 2.17. The van der Waals surface area contributed by atoms with Crippen LogP contribution in [0.15, 0.2) is 47.3 Å². The largest absolute Gasteiger partial charge is 0.369 e. The average Bonchev–Trinajstić information content (AvgIpc) is 3.06. The number of aromatic amines is 1. The van der Waals surface area contributed by atoms with Gasteiger partial charge in [-0.3, -0.25) is 14.3 Å². The number of carbonyl (C=O) groups is 1. The fourth-order valence-corrected chi connectivity index (χ4v) is 4.09. The van der Waals surface area contributed by atoms with Gasteiger partial charge < -0.3 is 9.88 Å². The van der Waals surface area contributed by atoms with Crippen molar-refractivity contribution in [2.45, 2.75) is 26.3 Å². The summed E-state index contributed by atoms with van der Waals surface area (Å²) in [5.41, 5.74) is 3.11. The standard InChI is InChI=1S/C23H27FN4O2/c1-17(29)18-4-9-22-21(16-18)25-23(30)28(22)11-3-2-10-26-12-14-27(15-13-26)20-7-5-19(24)6-8-20/h4-9,16H,2-3,10-15H2,1H3,(H,25,30). The van der Waals surface area contributed by atoms with E-state index in [0.717, 1.165) is 56.8 Å². The number of aryl methyl sites for hydroxylation is 1. The van der Waals surface area contributed by atoms with Crippen molar-refractivity contribution in [2.75, 3.05) is 37.6 Å². The number of hydrogen-bond acceptors (Lipinski definition) is 4. The number of fused-ring (bicyclic) bond motifs is 1. The molecule has 1 saturated heterocycles. The van der Waals surface area contributed by atoms with E-state index in [2.05, 4.69) is 14.8 Å². The molecule has 1 N–H and O–H groups in total. The highest BCUT2D eigenvalue weighted by molar-refractivity contribution is 5.97. The molecule has 2 heterocycles. The van der Waals surface area contributed by atoms with Crippen molar-refractivity contribution in [1.29, 1.82) is 0 Å². The Morgan fingerprint density at radius 1 is 1.00 bits per heavy atom. The van der Waals surface area contributed by atoms with E-state index in [1.165, 1.54) is 19.1 Å². The summed E-state index contributed by atoms with van der Waals surface area (Å²) < 4.78 is 14.8. The van der Waals surface area contributed by atoms with E-state index in [4.69, 9.17) is 0 Å². The van der Waals surface area contributed by atoms with E-state index >= 15 is 0 Å². The normalized spacial score (nSPS) is 15.1. The fourth-order valence-electron chi connectivity index (χ4n) is 4.09. The zero-order chi connectivity index (χ0) is 21.1. The van der Waals surface area contributed by atoms with Crippen molar-refractivity contribution in [3.05, 3.63) is 64.3 Å². The molecule has 0 radical (unpaired) electrons. The number of ketones is 1. The van der Waals surface area contributed by atoms with Crippen LogP contribution >= 0.6 is 0 Å². The van der Waals surface area contributed by atoms with Gasteiger partial charge in [-0.05, 0) is 68.8 Å². The van der Waals surface area contributed by atoms with Crippen molar-refractivity contribution >= 4 is 22.5 Å². The van der Waals surface area contributed by atoms with Gasteiger partial charge in [0.25, 0.3) is 0 Å². The fraction of sp³-hybridized carbons (Fsp3) is 0.391. The van der Waals surface area contributed by atoms with Gasteiger partial charge in [-0.25, -0.2) is 9.18 Å². The Morgan fingerprint density at radius 3 is 2.40 bits per heavy atom.